The van der Waals surface area contributed by atoms with Crippen LogP contribution in [0.1, 0.15) is 6.92 Å². The van der Waals surface area contributed by atoms with Crippen molar-refractivity contribution in [3.8, 4) is 0 Å². The topological polar surface area (TPSA) is 157 Å². The highest BCUT2D eigenvalue weighted by atomic mass is 16.5. The average molecular weight is 291 g/mol. The second-order valence-electron chi connectivity index (χ2n) is 4.38. The Hall–Kier alpha value is -1.68. The Kier molecular flexibility index (Phi) is 5.45. The first-order valence-electron chi connectivity index (χ1n) is 5.81. The summed E-state index contributed by atoms with van der Waals surface area (Å²) in [5, 5.41) is 49.0. The molecular formula is C11H17NO8. The second-order valence-corrected chi connectivity index (χ2v) is 4.38. The molecule has 9 nitrogen and oxygen atoms in total. The molecule has 9 heteroatoms. The van der Waals surface area contributed by atoms with Crippen molar-refractivity contribution in [2.45, 2.75) is 37.4 Å². The number of carboxylic acids is 1. The summed E-state index contributed by atoms with van der Waals surface area (Å²) in [5.74, 6) is -2.63. The fourth-order valence-corrected chi connectivity index (χ4v) is 1.85. The average Bonchev–Trinajstić information content (AvgIpc) is 2.38. The van der Waals surface area contributed by atoms with E-state index in [0.717, 1.165) is 13.0 Å². The molecule has 0 bridgehead atoms. The normalized spacial score (nSPS) is 28.9. The largest absolute Gasteiger partial charge is 0.478 e. The molecule has 0 saturated carbocycles. The zero-order valence-electron chi connectivity index (χ0n) is 10.6. The van der Waals surface area contributed by atoms with Crippen LogP contribution in [-0.2, 0) is 14.3 Å². The van der Waals surface area contributed by atoms with Crippen LogP contribution in [0.25, 0.3) is 0 Å². The van der Waals surface area contributed by atoms with Crippen molar-refractivity contribution < 1.29 is 39.9 Å². The molecule has 1 rings (SSSR count). The summed E-state index contributed by atoms with van der Waals surface area (Å²) in [5.41, 5.74) is 0. The van der Waals surface area contributed by atoms with Crippen LogP contribution in [0.4, 0.5) is 0 Å². The zero-order chi connectivity index (χ0) is 15.4. The maximum Gasteiger partial charge on any atom is 0.370 e. The number of aliphatic hydroxyl groups is 4. The first-order valence-corrected chi connectivity index (χ1v) is 5.81. The maximum absolute atomic E-state index is 11.1. The standard InChI is InChI=1S/C11H17NO8/c1-4(14)12-8-5(15)2-7(11(18)19)20-10(8)9(17)6(16)3-13/h2,5-6,8-10,13,15-17H,3H2,1H3,(H,12,14)(H,18,19)/t5-,6-,8+,9?,10+/m1/s1. The Labute approximate surface area is 114 Å². The number of aliphatic hydroxyl groups excluding tert-OH is 4. The predicted octanol–water partition coefficient (Wildman–Crippen LogP) is -3.07. The molecule has 0 aromatic heterocycles. The van der Waals surface area contributed by atoms with Crippen molar-refractivity contribution >= 4 is 11.9 Å². The summed E-state index contributed by atoms with van der Waals surface area (Å²) < 4.78 is 4.98. The summed E-state index contributed by atoms with van der Waals surface area (Å²) in [6, 6.07) is -1.16. The summed E-state index contributed by atoms with van der Waals surface area (Å²) in [4.78, 5) is 21.9. The highest BCUT2D eigenvalue weighted by Gasteiger charge is 2.42. The highest BCUT2D eigenvalue weighted by molar-refractivity contribution is 5.84. The second kappa shape index (κ2) is 6.66. The van der Waals surface area contributed by atoms with Crippen molar-refractivity contribution in [3.05, 3.63) is 11.8 Å². The van der Waals surface area contributed by atoms with Gasteiger partial charge in [0.25, 0.3) is 0 Å². The summed E-state index contributed by atoms with van der Waals surface area (Å²) in [7, 11) is 0. The molecule has 114 valence electrons. The van der Waals surface area contributed by atoms with E-state index in [1.54, 1.807) is 0 Å². The van der Waals surface area contributed by atoms with E-state index >= 15 is 0 Å². The van der Waals surface area contributed by atoms with Gasteiger partial charge in [-0.05, 0) is 6.08 Å². The lowest BCUT2D eigenvalue weighted by atomic mass is 9.94. The van der Waals surface area contributed by atoms with Gasteiger partial charge in [-0.25, -0.2) is 4.79 Å². The van der Waals surface area contributed by atoms with E-state index in [0.29, 0.717) is 0 Å². The third-order valence-electron chi connectivity index (χ3n) is 2.81. The Bertz CT molecular complexity index is 409. The van der Waals surface area contributed by atoms with Crippen molar-refractivity contribution in [1.29, 1.82) is 0 Å². The zero-order valence-corrected chi connectivity index (χ0v) is 10.6. The van der Waals surface area contributed by atoms with Crippen molar-refractivity contribution in [2.75, 3.05) is 6.61 Å². The first-order chi connectivity index (χ1) is 9.27. The molecule has 0 fully saturated rings. The minimum Gasteiger partial charge on any atom is -0.478 e. The van der Waals surface area contributed by atoms with Crippen LogP contribution < -0.4 is 5.32 Å². The molecule has 0 spiro atoms. The Morgan fingerprint density at radius 2 is 2.05 bits per heavy atom. The minimum absolute atomic E-state index is 0.541. The van der Waals surface area contributed by atoms with Crippen LogP contribution in [0.3, 0.4) is 0 Å². The van der Waals surface area contributed by atoms with Crippen LogP contribution in [0.5, 0.6) is 0 Å². The number of amides is 1. The number of carbonyl (C=O) groups excluding carboxylic acids is 1. The van der Waals surface area contributed by atoms with E-state index in [4.69, 9.17) is 14.9 Å². The van der Waals surface area contributed by atoms with Crippen LogP contribution in [0.2, 0.25) is 0 Å². The molecule has 0 saturated heterocycles. The quantitative estimate of drug-likeness (QED) is 0.311. The first kappa shape index (κ1) is 16.4. The van der Waals surface area contributed by atoms with Gasteiger partial charge in [-0.15, -0.1) is 0 Å². The number of aliphatic carboxylic acids is 1. The highest BCUT2D eigenvalue weighted by Crippen LogP contribution is 2.22. The number of carboxylic acid groups (broad SMARTS) is 1. The molecule has 0 aromatic carbocycles. The SMILES string of the molecule is CC(=O)N[C@H]1[C@H](O)C=C(C(=O)O)O[C@@H]1C(O)[C@H](O)CO. The van der Waals surface area contributed by atoms with Gasteiger partial charge in [-0.2, -0.15) is 0 Å². The lowest BCUT2D eigenvalue weighted by Crippen LogP contribution is -2.59. The van der Waals surface area contributed by atoms with Crippen LogP contribution in [0.15, 0.2) is 11.8 Å². The number of hydrogen-bond donors (Lipinski definition) is 6. The van der Waals surface area contributed by atoms with Crippen molar-refractivity contribution in [3.63, 3.8) is 0 Å². The van der Waals surface area contributed by atoms with Gasteiger partial charge in [0.1, 0.15) is 18.3 Å². The molecule has 0 radical (unpaired) electrons. The number of nitrogens with one attached hydrogen (secondary N) is 1. The molecule has 5 atom stereocenters. The monoisotopic (exact) mass is 291 g/mol. The maximum atomic E-state index is 11.1. The van der Waals surface area contributed by atoms with Gasteiger partial charge in [-0.1, -0.05) is 0 Å². The van der Waals surface area contributed by atoms with Gasteiger partial charge in [0.15, 0.2) is 6.10 Å². The minimum atomic E-state index is -1.70. The Balaban J connectivity index is 3.04. The lowest BCUT2D eigenvalue weighted by molar-refractivity contribution is -0.149. The van der Waals surface area contributed by atoms with Gasteiger partial charge in [0.05, 0.1) is 12.6 Å². The summed E-state index contributed by atoms with van der Waals surface area (Å²) >= 11 is 0. The van der Waals surface area contributed by atoms with Gasteiger partial charge in [0, 0.05) is 6.92 Å². The summed E-state index contributed by atoms with van der Waals surface area (Å²) in [6.07, 6.45) is -5.29. The van der Waals surface area contributed by atoms with E-state index < -0.39 is 54.7 Å². The van der Waals surface area contributed by atoms with Crippen LogP contribution >= 0.6 is 0 Å². The molecule has 1 heterocycles. The van der Waals surface area contributed by atoms with E-state index in [1.165, 1.54) is 0 Å². The lowest BCUT2D eigenvalue weighted by Gasteiger charge is -2.37. The van der Waals surface area contributed by atoms with Crippen molar-refractivity contribution in [1.82, 2.24) is 5.32 Å². The fraction of sp³-hybridized carbons (Fsp3) is 0.636. The molecule has 1 unspecified atom stereocenters. The van der Waals surface area contributed by atoms with E-state index in [-0.39, 0.29) is 0 Å². The third kappa shape index (κ3) is 3.67. The van der Waals surface area contributed by atoms with Gasteiger partial charge in [0.2, 0.25) is 11.7 Å². The molecule has 20 heavy (non-hydrogen) atoms. The molecule has 1 aliphatic rings. The molecule has 6 N–H and O–H groups in total. The Morgan fingerprint density at radius 1 is 1.45 bits per heavy atom. The van der Waals surface area contributed by atoms with Gasteiger partial charge >= 0.3 is 5.97 Å². The molecular weight excluding hydrogens is 274 g/mol. The number of hydrogen-bond acceptors (Lipinski definition) is 7. The van der Waals surface area contributed by atoms with Crippen LogP contribution in [-0.4, -0.2) is 74.5 Å². The van der Waals surface area contributed by atoms with Gasteiger partial charge < -0.3 is 35.6 Å². The van der Waals surface area contributed by atoms with Gasteiger partial charge in [-0.3, -0.25) is 4.79 Å². The van der Waals surface area contributed by atoms with E-state index in [1.807, 2.05) is 0 Å². The molecule has 1 aliphatic heterocycles. The van der Waals surface area contributed by atoms with E-state index in [9.17, 15) is 24.9 Å². The fourth-order valence-electron chi connectivity index (χ4n) is 1.85. The van der Waals surface area contributed by atoms with Crippen molar-refractivity contribution in [2.24, 2.45) is 0 Å². The number of carbonyl (C=O) groups is 2. The summed E-state index contributed by atoms with van der Waals surface area (Å²) in [6.45, 7) is 0.366. The third-order valence-corrected chi connectivity index (χ3v) is 2.81. The number of rotatable bonds is 5. The molecule has 1 amide bonds. The molecule has 0 aromatic rings. The van der Waals surface area contributed by atoms with E-state index in [2.05, 4.69) is 5.32 Å². The number of ether oxygens (including phenoxy) is 1. The molecule has 0 aliphatic carbocycles. The van der Waals surface area contributed by atoms with Crippen LogP contribution in [0, 0.1) is 0 Å². The Morgan fingerprint density at radius 3 is 2.50 bits per heavy atom. The predicted molar refractivity (Wildman–Crippen MR) is 63.3 cm³/mol. The smallest absolute Gasteiger partial charge is 0.370 e.